The second kappa shape index (κ2) is 6.25. The van der Waals surface area contributed by atoms with Gasteiger partial charge >= 0.3 is 0 Å². The van der Waals surface area contributed by atoms with Crippen molar-refractivity contribution in [3.63, 3.8) is 0 Å². The highest BCUT2D eigenvalue weighted by Gasteiger charge is 2.25. The van der Waals surface area contributed by atoms with Gasteiger partial charge in [-0.05, 0) is 30.5 Å². The van der Waals surface area contributed by atoms with E-state index < -0.39 is 0 Å². The first kappa shape index (κ1) is 13.4. The lowest BCUT2D eigenvalue weighted by Gasteiger charge is -2.38. The van der Waals surface area contributed by atoms with Crippen LogP contribution in [0.5, 0.6) is 0 Å². The molecule has 19 heavy (non-hydrogen) atoms. The Labute approximate surface area is 121 Å². The molecule has 1 aromatic rings. The van der Waals surface area contributed by atoms with Gasteiger partial charge in [0.2, 0.25) is 0 Å². The average Bonchev–Trinajstić information content (AvgIpc) is 2.96. The fourth-order valence-electron chi connectivity index (χ4n) is 3.40. The van der Waals surface area contributed by atoms with Crippen LogP contribution in [0.1, 0.15) is 31.2 Å². The maximum atomic E-state index is 5.93. The van der Waals surface area contributed by atoms with Gasteiger partial charge in [-0.3, -0.25) is 9.80 Å². The summed E-state index contributed by atoms with van der Waals surface area (Å²) in [5.41, 5.74) is 1.37. The Morgan fingerprint density at radius 1 is 0.947 bits per heavy atom. The minimum atomic E-state index is 0.829. The van der Waals surface area contributed by atoms with E-state index in [0.29, 0.717) is 0 Å². The molecule has 104 valence electrons. The maximum Gasteiger partial charge on any atom is 0.0406 e. The standard InChI is InChI=1S/C16H23ClN2/c17-15-7-5-14(6-8-15)13-18-9-11-19(12-10-18)16-3-1-2-4-16/h5-8,16H,1-4,9-13H2. The first-order valence-corrected chi connectivity index (χ1v) is 7.90. The van der Waals surface area contributed by atoms with Crippen LogP contribution in [0, 0.1) is 0 Å². The molecule has 0 spiro atoms. The van der Waals surface area contributed by atoms with E-state index in [1.807, 2.05) is 12.1 Å². The lowest BCUT2D eigenvalue weighted by atomic mass is 10.1. The molecule has 3 heteroatoms. The number of benzene rings is 1. The van der Waals surface area contributed by atoms with Gasteiger partial charge in [-0.1, -0.05) is 36.6 Å². The molecule has 2 aliphatic rings. The van der Waals surface area contributed by atoms with Gasteiger partial charge in [0.15, 0.2) is 0 Å². The molecule has 0 amide bonds. The average molecular weight is 279 g/mol. The molecular formula is C16H23ClN2. The van der Waals surface area contributed by atoms with Crippen molar-refractivity contribution in [1.82, 2.24) is 9.80 Å². The number of hydrogen-bond acceptors (Lipinski definition) is 2. The van der Waals surface area contributed by atoms with Crippen molar-refractivity contribution in [3.8, 4) is 0 Å². The van der Waals surface area contributed by atoms with Crippen LogP contribution in [0.2, 0.25) is 5.02 Å². The molecule has 1 saturated heterocycles. The van der Waals surface area contributed by atoms with Crippen LogP contribution >= 0.6 is 11.6 Å². The fourth-order valence-corrected chi connectivity index (χ4v) is 3.53. The molecule has 0 bridgehead atoms. The van der Waals surface area contributed by atoms with Gasteiger partial charge in [0.1, 0.15) is 0 Å². The van der Waals surface area contributed by atoms with Crippen LogP contribution in [0.4, 0.5) is 0 Å². The number of hydrogen-bond donors (Lipinski definition) is 0. The smallest absolute Gasteiger partial charge is 0.0406 e. The summed E-state index contributed by atoms with van der Waals surface area (Å²) >= 11 is 5.93. The summed E-state index contributed by atoms with van der Waals surface area (Å²) < 4.78 is 0. The minimum Gasteiger partial charge on any atom is -0.298 e. The molecule has 0 unspecified atom stereocenters. The molecular weight excluding hydrogens is 256 g/mol. The molecule has 3 rings (SSSR count). The van der Waals surface area contributed by atoms with Crippen molar-refractivity contribution >= 4 is 11.6 Å². The zero-order valence-electron chi connectivity index (χ0n) is 11.5. The lowest BCUT2D eigenvalue weighted by Crippen LogP contribution is -2.49. The van der Waals surface area contributed by atoms with E-state index >= 15 is 0 Å². The lowest BCUT2D eigenvalue weighted by molar-refractivity contribution is 0.0937. The summed E-state index contributed by atoms with van der Waals surface area (Å²) in [4.78, 5) is 5.28. The molecule has 0 N–H and O–H groups in total. The van der Waals surface area contributed by atoms with E-state index in [1.165, 1.54) is 57.4 Å². The van der Waals surface area contributed by atoms with Crippen LogP contribution in [-0.4, -0.2) is 42.0 Å². The van der Waals surface area contributed by atoms with Crippen LogP contribution < -0.4 is 0 Å². The van der Waals surface area contributed by atoms with E-state index in [2.05, 4.69) is 21.9 Å². The summed E-state index contributed by atoms with van der Waals surface area (Å²) in [5.74, 6) is 0. The predicted molar refractivity (Wildman–Crippen MR) is 80.6 cm³/mol. The largest absolute Gasteiger partial charge is 0.298 e. The minimum absolute atomic E-state index is 0.829. The number of nitrogens with zero attached hydrogens (tertiary/aromatic N) is 2. The van der Waals surface area contributed by atoms with Crippen molar-refractivity contribution in [3.05, 3.63) is 34.9 Å². The Morgan fingerprint density at radius 2 is 1.58 bits per heavy atom. The second-order valence-corrected chi connectivity index (χ2v) is 6.31. The molecule has 1 aliphatic carbocycles. The number of rotatable bonds is 3. The van der Waals surface area contributed by atoms with E-state index in [9.17, 15) is 0 Å². The van der Waals surface area contributed by atoms with Gasteiger partial charge in [0.05, 0.1) is 0 Å². The van der Waals surface area contributed by atoms with Crippen molar-refractivity contribution in [2.75, 3.05) is 26.2 Å². The SMILES string of the molecule is Clc1ccc(CN2CCN(C3CCCC3)CC2)cc1. The fraction of sp³-hybridized carbons (Fsp3) is 0.625. The Hall–Kier alpha value is -0.570. The summed E-state index contributed by atoms with van der Waals surface area (Å²) in [7, 11) is 0. The van der Waals surface area contributed by atoms with Gasteiger partial charge in [-0.2, -0.15) is 0 Å². The van der Waals surface area contributed by atoms with Gasteiger partial charge < -0.3 is 0 Å². The summed E-state index contributed by atoms with van der Waals surface area (Å²) in [5, 5.41) is 0.829. The maximum absolute atomic E-state index is 5.93. The third-order valence-electron chi connectivity index (χ3n) is 4.57. The Kier molecular flexibility index (Phi) is 4.42. The van der Waals surface area contributed by atoms with Crippen LogP contribution in [0.3, 0.4) is 0 Å². The predicted octanol–water partition coefficient (Wildman–Crippen LogP) is 3.40. The third kappa shape index (κ3) is 3.50. The highest BCUT2D eigenvalue weighted by Crippen LogP contribution is 2.24. The van der Waals surface area contributed by atoms with Crippen molar-refractivity contribution < 1.29 is 0 Å². The molecule has 1 aliphatic heterocycles. The van der Waals surface area contributed by atoms with Gasteiger partial charge in [0.25, 0.3) is 0 Å². The van der Waals surface area contributed by atoms with Crippen molar-refractivity contribution in [2.45, 2.75) is 38.3 Å². The zero-order chi connectivity index (χ0) is 13.1. The molecule has 0 aromatic heterocycles. The summed E-state index contributed by atoms with van der Waals surface area (Å²) in [6, 6.07) is 9.16. The number of piperazine rings is 1. The van der Waals surface area contributed by atoms with E-state index in [0.717, 1.165) is 17.6 Å². The highest BCUT2D eigenvalue weighted by atomic mass is 35.5. The first-order valence-electron chi connectivity index (χ1n) is 7.52. The summed E-state index contributed by atoms with van der Waals surface area (Å²) in [6.07, 6.45) is 5.74. The quantitative estimate of drug-likeness (QED) is 0.836. The number of halogens is 1. The Morgan fingerprint density at radius 3 is 2.21 bits per heavy atom. The van der Waals surface area contributed by atoms with Crippen molar-refractivity contribution in [2.24, 2.45) is 0 Å². The van der Waals surface area contributed by atoms with E-state index in [1.54, 1.807) is 0 Å². The van der Waals surface area contributed by atoms with E-state index in [-0.39, 0.29) is 0 Å². The normalized spacial score (nSPS) is 23.0. The molecule has 2 fully saturated rings. The Balaban J connectivity index is 1.48. The second-order valence-electron chi connectivity index (χ2n) is 5.88. The molecule has 1 saturated carbocycles. The summed E-state index contributed by atoms with van der Waals surface area (Å²) in [6.45, 7) is 5.98. The monoisotopic (exact) mass is 278 g/mol. The van der Waals surface area contributed by atoms with Gasteiger partial charge in [-0.15, -0.1) is 0 Å². The van der Waals surface area contributed by atoms with Gasteiger partial charge in [-0.25, -0.2) is 0 Å². The van der Waals surface area contributed by atoms with Crippen LogP contribution in [-0.2, 0) is 6.54 Å². The van der Waals surface area contributed by atoms with Gasteiger partial charge in [0, 0.05) is 43.8 Å². The third-order valence-corrected chi connectivity index (χ3v) is 4.82. The van der Waals surface area contributed by atoms with Crippen LogP contribution in [0.15, 0.2) is 24.3 Å². The van der Waals surface area contributed by atoms with Crippen molar-refractivity contribution in [1.29, 1.82) is 0 Å². The first-order chi connectivity index (χ1) is 9.31. The topological polar surface area (TPSA) is 6.48 Å². The molecule has 1 aromatic carbocycles. The zero-order valence-corrected chi connectivity index (χ0v) is 12.3. The van der Waals surface area contributed by atoms with Crippen LogP contribution in [0.25, 0.3) is 0 Å². The molecule has 1 heterocycles. The van der Waals surface area contributed by atoms with E-state index in [4.69, 9.17) is 11.6 Å². The molecule has 0 radical (unpaired) electrons. The Bertz CT molecular complexity index is 390. The molecule has 2 nitrogen and oxygen atoms in total. The molecule has 0 atom stereocenters. The highest BCUT2D eigenvalue weighted by molar-refractivity contribution is 6.30.